The maximum absolute atomic E-state index is 13.4. The minimum atomic E-state index is -0.570. The molecular formula is C13H11FN2O3. The number of anilines is 1. The molecule has 98 valence electrons. The van der Waals surface area contributed by atoms with Gasteiger partial charge in [0.25, 0.3) is 5.69 Å². The van der Waals surface area contributed by atoms with Gasteiger partial charge in [0.1, 0.15) is 17.3 Å². The van der Waals surface area contributed by atoms with Gasteiger partial charge in [0.05, 0.1) is 11.0 Å². The van der Waals surface area contributed by atoms with E-state index in [0.29, 0.717) is 5.56 Å². The molecule has 0 radical (unpaired) electrons. The number of nitrogen functional groups attached to an aromatic ring is 1. The Morgan fingerprint density at radius 1 is 1.21 bits per heavy atom. The van der Waals surface area contributed by atoms with Gasteiger partial charge in [0.2, 0.25) is 0 Å². The maximum atomic E-state index is 13.4. The van der Waals surface area contributed by atoms with E-state index in [1.165, 1.54) is 24.3 Å². The van der Waals surface area contributed by atoms with Crippen LogP contribution in [0.25, 0.3) is 0 Å². The van der Waals surface area contributed by atoms with Gasteiger partial charge in [0, 0.05) is 23.9 Å². The summed E-state index contributed by atoms with van der Waals surface area (Å²) in [5.74, 6) is 0.0360. The number of hydrogen-bond acceptors (Lipinski definition) is 4. The molecule has 0 heterocycles. The van der Waals surface area contributed by atoms with Crippen LogP contribution in [0.3, 0.4) is 0 Å². The monoisotopic (exact) mass is 262 g/mol. The molecule has 0 aliphatic heterocycles. The molecule has 6 heteroatoms. The molecule has 5 nitrogen and oxygen atoms in total. The number of hydrogen-bond donors (Lipinski definition) is 1. The number of non-ortho nitro benzene ring substituents is 1. The number of rotatable bonds is 3. The van der Waals surface area contributed by atoms with Crippen LogP contribution in [0.4, 0.5) is 15.8 Å². The highest BCUT2D eigenvalue weighted by Crippen LogP contribution is 2.29. The lowest BCUT2D eigenvalue weighted by Gasteiger charge is -2.07. The smallest absolute Gasteiger partial charge is 0.275 e. The van der Waals surface area contributed by atoms with Gasteiger partial charge in [-0.05, 0) is 18.6 Å². The second kappa shape index (κ2) is 4.93. The van der Waals surface area contributed by atoms with Crippen molar-refractivity contribution in [2.24, 2.45) is 0 Å². The van der Waals surface area contributed by atoms with Crippen LogP contribution in [0.1, 0.15) is 5.56 Å². The van der Waals surface area contributed by atoms with Crippen molar-refractivity contribution in [2.45, 2.75) is 6.92 Å². The molecule has 0 unspecified atom stereocenters. The average molecular weight is 262 g/mol. The van der Waals surface area contributed by atoms with Crippen LogP contribution < -0.4 is 10.5 Å². The van der Waals surface area contributed by atoms with E-state index in [0.717, 1.165) is 0 Å². The second-order valence-electron chi connectivity index (χ2n) is 4.03. The van der Waals surface area contributed by atoms with Crippen molar-refractivity contribution in [2.75, 3.05) is 5.73 Å². The molecule has 0 aromatic heterocycles. The van der Waals surface area contributed by atoms with Gasteiger partial charge in [-0.15, -0.1) is 0 Å². The van der Waals surface area contributed by atoms with Crippen LogP contribution in [0.15, 0.2) is 36.4 Å². The summed E-state index contributed by atoms with van der Waals surface area (Å²) in [6.07, 6.45) is 0. The fraction of sp³-hybridized carbons (Fsp3) is 0.0769. The summed E-state index contributed by atoms with van der Waals surface area (Å²) in [5.41, 5.74) is 6.07. The van der Waals surface area contributed by atoms with Gasteiger partial charge >= 0.3 is 0 Å². The normalized spacial score (nSPS) is 10.2. The third-order valence-corrected chi connectivity index (χ3v) is 2.50. The van der Waals surface area contributed by atoms with Crippen molar-refractivity contribution in [3.8, 4) is 11.5 Å². The minimum absolute atomic E-state index is 0.178. The Morgan fingerprint density at radius 2 is 1.95 bits per heavy atom. The topological polar surface area (TPSA) is 78.4 Å². The lowest BCUT2D eigenvalue weighted by molar-refractivity contribution is -0.384. The summed E-state index contributed by atoms with van der Waals surface area (Å²) >= 11 is 0. The number of nitro benzene ring substituents is 1. The van der Waals surface area contributed by atoms with E-state index >= 15 is 0 Å². The molecule has 0 saturated carbocycles. The molecule has 2 aromatic rings. The third kappa shape index (κ3) is 2.98. The summed E-state index contributed by atoms with van der Waals surface area (Å²) in [6.45, 7) is 1.63. The number of aryl methyl sites for hydroxylation is 1. The Kier molecular flexibility index (Phi) is 3.33. The van der Waals surface area contributed by atoms with Crippen LogP contribution in [-0.4, -0.2) is 4.92 Å². The highest BCUT2D eigenvalue weighted by molar-refractivity contribution is 5.54. The third-order valence-electron chi connectivity index (χ3n) is 2.50. The van der Waals surface area contributed by atoms with E-state index in [9.17, 15) is 14.5 Å². The Morgan fingerprint density at radius 3 is 2.58 bits per heavy atom. The van der Waals surface area contributed by atoms with E-state index in [2.05, 4.69) is 0 Å². The predicted octanol–water partition coefficient (Wildman–Crippen LogP) is 3.42. The van der Waals surface area contributed by atoms with E-state index in [1.54, 1.807) is 19.1 Å². The van der Waals surface area contributed by atoms with Gasteiger partial charge in [-0.3, -0.25) is 10.1 Å². The van der Waals surface area contributed by atoms with Gasteiger partial charge < -0.3 is 10.5 Å². The van der Waals surface area contributed by atoms with E-state index < -0.39 is 10.7 Å². The molecule has 0 bridgehead atoms. The second-order valence-corrected chi connectivity index (χ2v) is 4.03. The van der Waals surface area contributed by atoms with Crippen molar-refractivity contribution in [3.63, 3.8) is 0 Å². The highest BCUT2D eigenvalue weighted by Gasteiger charge is 2.10. The number of nitro groups is 1. The first-order valence-corrected chi connectivity index (χ1v) is 5.44. The molecule has 0 fully saturated rings. The van der Waals surface area contributed by atoms with Crippen molar-refractivity contribution < 1.29 is 14.1 Å². The van der Waals surface area contributed by atoms with E-state index in [1.807, 2.05) is 0 Å². The lowest BCUT2D eigenvalue weighted by Crippen LogP contribution is -1.94. The Balaban J connectivity index is 2.32. The van der Waals surface area contributed by atoms with Gasteiger partial charge in [0.15, 0.2) is 0 Å². The Hall–Kier alpha value is -2.63. The SMILES string of the molecule is Cc1ccc(Oc2cc(N)cc([N+](=O)[O-])c2)cc1F. The van der Waals surface area contributed by atoms with Crippen molar-refractivity contribution >= 4 is 11.4 Å². The Labute approximate surface area is 108 Å². The van der Waals surface area contributed by atoms with Crippen molar-refractivity contribution in [1.82, 2.24) is 0 Å². The molecule has 2 aromatic carbocycles. The first-order valence-electron chi connectivity index (χ1n) is 5.44. The summed E-state index contributed by atoms with van der Waals surface area (Å²) < 4.78 is 18.7. The molecule has 0 aliphatic rings. The molecule has 19 heavy (non-hydrogen) atoms. The zero-order valence-electron chi connectivity index (χ0n) is 10.1. The van der Waals surface area contributed by atoms with Crippen LogP contribution in [0.2, 0.25) is 0 Å². The van der Waals surface area contributed by atoms with Crippen LogP contribution in [0.5, 0.6) is 11.5 Å². The van der Waals surface area contributed by atoms with Crippen LogP contribution in [0, 0.1) is 22.9 Å². The number of nitrogens with two attached hydrogens (primary N) is 1. The zero-order chi connectivity index (χ0) is 14.0. The molecule has 0 spiro atoms. The summed E-state index contributed by atoms with van der Waals surface area (Å²) in [6, 6.07) is 8.24. The molecule has 0 aliphatic carbocycles. The van der Waals surface area contributed by atoms with E-state index in [-0.39, 0.29) is 22.9 Å². The van der Waals surface area contributed by atoms with Crippen LogP contribution in [-0.2, 0) is 0 Å². The van der Waals surface area contributed by atoms with Gasteiger partial charge in [-0.2, -0.15) is 0 Å². The number of benzene rings is 2. The van der Waals surface area contributed by atoms with Gasteiger partial charge in [-0.25, -0.2) is 4.39 Å². The summed E-state index contributed by atoms with van der Waals surface area (Å²) in [7, 11) is 0. The van der Waals surface area contributed by atoms with E-state index in [4.69, 9.17) is 10.5 Å². The quantitative estimate of drug-likeness (QED) is 0.522. The summed E-state index contributed by atoms with van der Waals surface area (Å²) in [4.78, 5) is 10.1. The molecule has 0 amide bonds. The standard InChI is InChI=1S/C13H11FN2O3/c1-8-2-3-11(7-13(8)14)19-12-5-9(15)4-10(6-12)16(17)18/h2-7H,15H2,1H3. The fourth-order valence-electron chi connectivity index (χ4n) is 1.54. The zero-order valence-corrected chi connectivity index (χ0v) is 10.1. The number of nitrogens with zero attached hydrogens (tertiary/aromatic N) is 1. The molecule has 0 saturated heterocycles. The molecule has 2 N–H and O–H groups in total. The Bertz CT molecular complexity index is 644. The van der Waals surface area contributed by atoms with Crippen LogP contribution >= 0.6 is 0 Å². The first kappa shape index (κ1) is 12.8. The molecular weight excluding hydrogens is 251 g/mol. The fourth-order valence-corrected chi connectivity index (χ4v) is 1.54. The number of halogens is 1. The minimum Gasteiger partial charge on any atom is -0.457 e. The number of ether oxygens (including phenoxy) is 1. The van der Waals surface area contributed by atoms with Crippen molar-refractivity contribution in [1.29, 1.82) is 0 Å². The van der Waals surface area contributed by atoms with Gasteiger partial charge in [-0.1, -0.05) is 6.07 Å². The largest absolute Gasteiger partial charge is 0.457 e. The summed E-state index contributed by atoms with van der Waals surface area (Å²) in [5, 5.41) is 10.7. The molecule has 2 rings (SSSR count). The molecule has 0 atom stereocenters. The van der Waals surface area contributed by atoms with Crippen molar-refractivity contribution in [3.05, 3.63) is 57.9 Å². The highest BCUT2D eigenvalue weighted by atomic mass is 19.1. The predicted molar refractivity (Wildman–Crippen MR) is 68.7 cm³/mol. The first-order chi connectivity index (χ1) is 8.95. The average Bonchev–Trinajstić information content (AvgIpc) is 2.33. The maximum Gasteiger partial charge on any atom is 0.275 e. The lowest BCUT2D eigenvalue weighted by atomic mass is 10.2.